The van der Waals surface area contributed by atoms with E-state index in [-0.39, 0.29) is 49.0 Å². The standard InChI is InChI=1S/C39H40N6O4/c1-42-25-36(47)44-34(21-26-13-17-33(46)18-14-26)38(48)43(24-35(44)45(42)39(49)41-22-27-7-3-2-4-8-27)23-31-11-6-10-29-15-16-30(37(29)31)19-28-9-5-12-32(40)20-28/h2-18,20,30,34-35,46H,19,21-25,40H2,1H3,(H,41,49)/t30?,34-,35-/m0/s1. The summed E-state index contributed by atoms with van der Waals surface area (Å²) in [6.45, 7) is 0.752. The van der Waals surface area contributed by atoms with E-state index in [4.69, 9.17) is 5.73 Å². The van der Waals surface area contributed by atoms with Gasteiger partial charge in [0.2, 0.25) is 11.8 Å². The number of urea groups is 1. The van der Waals surface area contributed by atoms with Gasteiger partial charge in [-0.15, -0.1) is 0 Å². The third-order valence-electron chi connectivity index (χ3n) is 9.68. The third kappa shape index (κ3) is 6.60. The fourth-order valence-electron chi connectivity index (χ4n) is 7.39. The average Bonchev–Trinajstić information content (AvgIpc) is 3.50. The minimum absolute atomic E-state index is 0.0435. The molecular weight excluding hydrogens is 616 g/mol. The number of aromatic hydroxyl groups is 1. The second-order valence-electron chi connectivity index (χ2n) is 13.0. The largest absolute Gasteiger partial charge is 0.508 e. The van der Waals surface area contributed by atoms with Crippen molar-refractivity contribution in [3.05, 3.63) is 137 Å². The van der Waals surface area contributed by atoms with Crippen molar-refractivity contribution in [2.24, 2.45) is 0 Å². The number of anilines is 1. The van der Waals surface area contributed by atoms with Crippen molar-refractivity contribution in [3.8, 4) is 5.75 Å². The Kier molecular flexibility index (Phi) is 8.79. The number of nitrogens with one attached hydrogen (secondary N) is 1. The smallest absolute Gasteiger partial charge is 0.334 e. The van der Waals surface area contributed by atoms with Gasteiger partial charge < -0.3 is 26.0 Å². The molecule has 2 aliphatic heterocycles. The number of hydrogen-bond donors (Lipinski definition) is 3. The van der Waals surface area contributed by atoms with Gasteiger partial charge in [-0.3, -0.25) is 9.59 Å². The van der Waals surface area contributed by atoms with Crippen LogP contribution in [0.2, 0.25) is 0 Å². The normalized spacial score (nSPS) is 20.3. The van der Waals surface area contributed by atoms with E-state index < -0.39 is 12.2 Å². The summed E-state index contributed by atoms with van der Waals surface area (Å²) in [7, 11) is 1.73. The molecule has 0 spiro atoms. The van der Waals surface area contributed by atoms with Crippen LogP contribution in [0.1, 0.15) is 39.3 Å². The van der Waals surface area contributed by atoms with Gasteiger partial charge in [0.1, 0.15) is 18.0 Å². The van der Waals surface area contributed by atoms with Crippen LogP contribution in [0, 0.1) is 0 Å². The number of nitrogen functional groups attached to an aromatic ring is 1. The summed E-state index contributed by atoms with van der Waals surface area (Å²) in [5.74, 6) is -0.166. The summed E-state index contributed by atoms with van der Waals surface area (Å²) < 4.78 is 0. The van der Waals surface area contributed by atoms with Gasteiger partial charge in [0.15, 0.2) is 0 Å². The molecule has 4 aromatic rings. The first-order chi connectivity index (χ1) is 23.7. The molecule has 250 valence electrons. The molecule has 3 atom stereocenters. The number of fused-ring (bicyclic) bond motifs is 2. The zero-order valence-corrected chi connectivity index (χ0v) is 27.4. The molecule has 0 bridgehead atoms. The Morgan fingerprint density at radius 3 is 2.43 bits per heavy atom. The van der Waals surface area contributed by atoms with Crippen LogP contribution < -0.4 is 11.1 Å². The van der Waals surface area contributed by atoms with Crippen molar-refractivity contribution in [1.82, 2.24) is 25.1 Å². The zero-order valence-electron chi connectivity index (χ0n) is 27.4. The lowest BCUT2D eigenvalue weighted by Crippen LogP contribution is -2.76. The Hall–Kier alpha value is -5.61. The minimum Gasteiger partial charge on any atom is -0.508 e. The topological polar surface area (TPSA) is 122 Å². The molecule has 10 heteroatoms. The van der Waals surface area contributed by atoms with Gasteiger partial charge >= 0.3 is 6.03 Å². The summed E-state index contributed by atoms with van der Waals surface area (Å²) in [6.07, 6.45) is 4.64. The van der Waals surface area contributed by atoms with Crippen molar-refractivity contribution in [2.75, 3.05) is 25.9 Å². The van der Waals surface area contributed by atoms with Crippen molar-refractivity contribution in [2.45, 2.75) is 44.1 Å². The summed E-state index contributed by atoms with van der Waals surface area (Å²) in [6, 6.07) is 29.2. The van der Waals surface area contributed by atoms with Crippen molar-refractivity contribution in [1.29, 1.82) is 0 Å². The first-order valence-electron chi connectivity index (χ1n) is 16.6. The van der Waals surface area contributed by atoms with Crippen LogP contribution in [-0.4, -0.2) is 75.1 Å². The lowest BCUT2D eigenvalue weighted by atomic mass is 9.89. The fraction of sp³-hybridized carbons (Fsp3) is 0.256. The number of allylic oxidation sites excluding steroid dienone is 1. The summed E-state index contributed by atoms with van der Waals surface area (Å²) in [4.78, 5) is 45.5. The second kappa shape index (κ2) is 13.5. The molecule has 2 heterocycles. The van der Waals surface area contributed by atoms with Crippen LogP contribution in [0.5, 0.6) is 5.75 Å². The van der Waals surface area contributed by atoms with E-state index in [0.717, 1.165) is 39.9 Å². The molecule has 4 N–H and O–H groups in total. The molecule has 4 aromatic carbocycles. The molecule has 4 amide bonds. The van der Waals surface area contributed by atoms with Crippen molar-refractivity contribution >= 4 is 29.6 Å². The number of nitrogens with zero attached hydrogens (tertiary/aromatic N) is 4. The van der Waals surface area contributed by atoms with E-state index in [0.29, 0.717) is 13.1 Å². The van der Waals surface area contributed by atoms with E-state index in [1.807, 2.05) is 54.6 Å². The Balaban J connectivity index is 1.21. The number of piperazine rings is 1. The highest BCUT2D eigenvalue weighted by Gasteiger charge is 2.50. The molecule has 0 radical (unpaired) electrons. The van der Waals surface area contributed by atoms with Gasteiger partial charge in [-0.25, -0.2) is 14.8 Å². The summed E-state index contributed by atoms with van der Waals surface area (Å²) in [5.41, 5.74) is 13.0. The molecular formula is C39H40N6O4. The molecule has 2 saturated heterocycles. The van der Waals surface area contributed by atoms with Crippen LogP contribution in [0.15, 0.2) is 103 Å². The van der Waals surface area contributed by atoms with E-state index in [1.165, 1.54) is 5.56 Å². The van der Waals surface area contributed by atoms with E-state index in [2.05, 4.69) is 35.7 Å². The lowest BCUT2D eigenvalue weighted by Gasteiger charge is -2.54. The van der Waals surface area contributed by atoms with Crippen LogP contribution in [0.4, 0.5) is 10.5 Å². The molecule has 1 unspecified atom stereocenters. The number of carbonyl (C=O) groups excluding carboxylic acids is 3. The molecule has 2 fully saturated rings. The predicted molar refractivity (Wildman–Crippen MR) is 188 cm³/mol. The van der Waals surface area contributed by atoms with Crippen LogP contribution in [0.25, 0.3) is 6.08 Å². The van der Waals surface area contributed by atoms with Gasteiger partial charge in [-0.2, -0.15) is 0 Å². The van der Waals surface area contributed by atoms with Crippen molar-refractivity contribution in [3.63, 3.8) is 0 Å². The SMILES string of the molecule is CN1CC(=O)N2[C@@H](Cc3ccc(O)cc3)C(=O)N(Cc3cccc4c3C(Cc3cccc(N)c3)C=C4)C[C@@H]2N1C(=O)NCc1ccccc1. The predicted octanol–water partition coefficient (Wildman–Crippen LogP) is 4.51. The summed E-state index contributed by atoms with van der Waals surface area (Å²) in [5, 5.41) is 16.1. The van der Waals surface area contributed by atoms with Gasteiger partial charge in [0.25, 0.3) is 0 Å². The Bertz CT molecular complexity index is 1900. The minimum atomic E-state index is -0.841. The number of rotatable bonds is 8. The number of amides is 4. The zero-order chi connectivity index (χ0) is 34.1. The van der Waals surface area contributed by atoms with E-state index in [9.17, 15) is 19.5 Å². The molecule has 7 rings (SSSR count). The van der Waals surface area contributed by atoms with Gasteiger partial charge in [0.05, 0.1) is 13.1 Å². The van der Waals surface area contributed by atoms with Gasteiger partial charge in [0, 0.05) is 38.2 Å². The maximum atomic E-state index is 14.5. The number of phenols is 1. The molecule has 1 aliphatic carbocycles. The maximum Gasteiger partial charge on any atom is 0.334 e. The first-order valence-corrected chi connectivity index (χ1v) is 16.6. The fourth-order valence-corrected chi connectivity index (χ4v) is 7.39. The highest BCUT2D eigenvalue weighted by molar-refractivity contribution is 5.91. The van der Waals surface area contributed by atoms with Crippen LogP contribution in [-0.2, 0) is 35.5 Å². The molecule has 49 heavy (non-hydrogen) atoms. The van der Waals surface area contributed by atoms with Gasteiger partial charge in [-0.1, -0.05) is 84.9 Å². The first kappa shape index (κ1) is 32.0. The number of hydrazine groups is 1. The number of carbonyl (C=O) groups is 3. The van der Waals surface area contributed by atoms with Crippen molar-refractivity contribution < 1.29 is 19.5 Å². The number of likely N-dealkylation sites (N-methyl/N-ethyl adjacent to an activating group) is 1. The van der Waals surface area contributed by atoms with E-state index in [1.54, 1.807) is 51.1 Å². The Morgan fingerprint density at radius 1 is 0.898 bits per heavy atom. The third-order valence-corrected chi connectivity index (χ3v) is 9.68. The average molecular weight is 657 g/mol. The number of hydrogen-bond acceptors (Lipinski definition) is 6. The quantitative estimate of drug-likeness (QED) is 0.240. The number of phenolic OH excluding ortho intramolecular Hbond substituents is 1. The number of nitrogens with two attached hydrogens (primary N) is 1. The summed E-state index contributed by atoms with van der Waals surface area (Å²) >= 11 is 0. The Labute approximate surface area is 286 Å². The molecule has 3 aliphatic rings. The highest BCUT2D eigenvalue weighted by atomic mass is 16.3. The Morgan fingerprint density at radius 2 is 1.65 bits per heavy atom. The second-order valence-corrected chi connectivity index (χ2v) is 13.0. The lowest BCUT2D eigenvalue weighted by molar-refractivity contribution is -0.187. The van der Waals surface area contributed by atoms with Crippen LogP contribution in [0.3, 0.4) is 0 Å². The highest BCUT2D eigenvalue weighted by Crippen LogP contribution is 2.37. The molecule has 0 saturated carbocycles. The maximum absolute atomic E-state index is 14.5. The number of benzene rings is 4. The molecule has 0 aromatic heterocycles. The van der Waals surface area contributed by atoms with E-state index >= 15 is 0 Å². The molecule has 10 nitrogen and oxygen atoms in total. The van der Waals surface area contributed by atoms with Gasteiger partial charge in [-0.05, 0) is 64.1 Å². The monoisotopic (exact) mass is 656 g/mol. The van der Waals surface area contributed by atoms with Crippen LogP contribution >= 0.6 is 0 Å².